The molecule has 142 valence electrons. The van der Waals surface area contributed by atoms with Crippen LogP contribution in [0.2, 0.25) is 0 Å². The number of oxazole rings is 1. The van der Waals surface area contributed by atoms with Crippen molar-refractivity contribution in [1.29, 1.82) is 0 Å². The van der Waals surface area contributed by atoms with Gasteiger partial charge >= 0.3 is 0 Å². The molecule has 0 radical (unpaired) electrons. The van der Waals surface area contributed by atoms with Crippen molar-refractivity contribution >= 4 is 35.8 Å². The summed E-state index contributed by atoms with van der Waals surface area (Å²) in [6, 6.07) is 6.03. The Morgan fingerprint density at radius 1 is 1.23 bits per heavy atom. The monoisotopic (exact) mass is 470 g/mol. The van der Waals surface area contributed by atoms with Gasteiger partial charge in [-0.1, -0.05) is 6.07 Å². The Balaban J connectivity index is 0.00000243. The van der Waals surface area contributed by atoms with E-state index in [2.05, 4.69) is 38.1 Å². The summed E-state index contributed by atoms with van der Waals surface area (Å²) in [5, 5.41) is 3.37. The van der Waals surface area contributed by atoms with E-state index < -0.39 is 0 Å². The normalized spacial score (nSPS) is 15.0. The number of aromatic nitrogens is 2. The Kier molecular flexibility index (Phi) is 7.67. The molecule has 0 spiro atoms. The van der Waals surface area contributed by atoms with Crippen molar-refractivity contribution < 1.29 is 4.42 Å². The van der Waals surface area contributed by atoms with Gasteiger partial charge in [0.2, 0.25) is 5.89 Å². The molecule has 1 N–H and O–H groups in total. The number of guanidine groups is 1. The molecule has 1 aliphatic rings. The third-order valence-corrected chi connectivity index (χ3v) is 4.32. The minimum atomic E-state index is 0. The lowest BCUT2D eigenvalue weighted by molar-refractivity contribution is 0.370. The molecule has 1 saturated heterocycles. The first-order chi connectivity index (χ1) is 12.2. The van der Waals surface area contributed by atoms with E-state index in [1.807, 2.05) is 32.2 Å². The molecule has 3 rings (SSSR count). The summed E-state index contributed by atoms with van der Waals surface area (Å²) in [5.41, 5.74) is 0.930. The lowest BCUT2D eigenvalue weighted by atomic mass is 10.3. The fourth-order valence-corrected chi connectivity index (χ4v) is 2.86. The number of halogens is 1. The van der Waals surface area contributed by atoms with Crippen LogP contribution in [0.4, 0.5) is 5.82 Å². The van der Waals surface area contributed by atoms with Gasteiger partial charge in [-0.2, -0.15) is 0 Å². The molecule has 0 aliphatic carbocycles. The molecule has 0 aromatic carbocycles. The fraction of sp³-hybridized carbons (Fsp3) is 0.500. The van der Waals surface area contributed by atoms with Gasteiger partial charge in [0.05, 0.1) is 5.69 Å². The van der Waals surface area contributed by atoms with Crippen molar-refractivity contribution in [3.05, 3.63) is 41.7 Å². The van der Waals surface area contributed by atoms with Crippen molar-refractivity contribution in [2.75, 3.05) is 37.6 Å². The van der Waals surface area contributed by atoms with Crippen molar-refractivity contribution in [3.8, 4) is 0 Å². The average molecular weight is 470 g/mol. The van der Waals surface area contributed by atoms with E-state index in [9.17, 15) is 0 Å². The SMILES string of the molecule is CCNC(=NCc1nc(C)c(C)o1)N1CCN(c2ccccn2)CC1.I. The number of nitrogens with one attached hydrogen (secondary N) is 1. The van der Waals surface area contributed by atoms with Crippen LogP contribution in [-0.4, -0.2) is 53.6 Å². The summed E-state index contributed by atoms with van der Waals surface area (Å²) in [7, 11) is 0. The first-order valence-electron chi connectivity index (χ1n) is 8.79. The third-order valence-electron chi connectivity index (χ3n) is 4.32. The van der Waals surface area contributed by atoms with Crippen LogP contribution in [0, 0.1) is 13.8 Å². The number of anilines is 1. The molecular formula is C18H27IN6O. The highest BCUT2D eigenvalue weighted by atomic mass is 127. The Hall–Kier alpha value is -1.84. The Bertz CT molecular complexity index is 690. The molecule has 0 atom stereocenters. The van der Waals surface area contributed by atoms with Crippen LogP contribution in [0.15, 0.2) is 33.8 Å². The van der Waals surface area contributed by atoms with Crippen LogP contribution in [0.5, 0.6) is 0 Å². The zero-order valence-electron chi connectivity index (χ0n) is 15.6. The minimum absolute atomic E-state index is 0. The van der Waals surface area contributed by atoms with E-state index in [1.54, 1.807) is 0 Å². The van der Waals surface area contributed by atoms with Crippen LogP contribution in [0.1, 0.15) is 24.3 Å². The second-order valence-corrected chi connectivity index (χ2v) is 6.08. The van der Waals surface area contributed by atoms with Gasteiger partial charge < -0.3 is 19.5 Å². The summed E-state index contributed by atoms with van der Waals surface area (Å²) in [6.07, 6.45) is 1.84. The van der Waals surface area contributed by atoms with E-state index in [4.69, 9.17) is 9.41 Å². The number of pyridine rings is 1. The largest absolute Gasteiger partial charge is 0.444 e. The van der Waals surface area contributed by atoms with Crippen molar-refractivity contribution in [2.24, 2.45) is 4.99 Å². The van der Waals surface area contributed by atoms with Crippen LogP contribution in [0.25, 0.3) is 0 Å². The summed E-state index contributed by atoms with van der Waals surface area (Å²) in [4.78, 5) is 18.1. The van der Waals surface area contributed by atoms with Gasteiger partial charge in [0, 0.05) is 38.9 Å². The van der Waals surface area contributed by atoms with Gasteiger partial charge in [0.1, 0.15) is 18.1 Å². The number of hydrogen-bond acceptors (Lipinski definition) is 5. The van der Waals surface area contributed by atoms with Crippen molar-refractivity contribution in [3.63, 3.8) is 0 Å². The lowest BCUT2D eigenvalue weighted by Gasteiger charge is -2.37. The van der Waals surface area contributed by atoms with E-state index in [0.717, 1.165) is 56.0 Å². The smallest absolute Gasteiger partial charge is 0.216 e. The van der Waals surface area contributed by atoms with Crippen LogP contribution in [-0.2, 0) is 6.54 Å². The van der Waals surface area contributed by atoms with Gasteiger partial charge in [0.25, 0.3) is 0 Å². The molecular weight excluding hydrogens is 443 g/mol. The summed E-state index contributed by atoms with van der Waals surface area (Å²) in [5.74, 6) is 3.48. The maximum atomic E-state index is 5.62. The van der Waals surface area contributed by atoms with Gasteiger partial charge in [-0.25, -0.2) is 15.0 Å². The highest BCUT2D eigenvalue weighted by Crippen LogP contribution is 2.13. The van der Waals surface area contributed by atoms with E-state index in [1.165, 1.54) is 0 Å². The maximum Gasteiger partial charge on any atom is 0.216 e. The molecule has 0 amide bonds. The van der Waals surface area contributed by atoms with Gasteiger partial charge in [0.15, 0.2) is 5.96 Å². The zero-order valence-corrected chi connectivity index (χ0v) is 17.9. The fourth-order valence-electron chi connectivity index (χ4n) is 2.86. The molecule has 8 heteroatoms. The molecule has 1 fully saturated rings. The molecule has 7 nitrogen and oxygen atoms in total. The van der Waals surface area contributed by atoms with E-state index in [-0.39, 0.29) is 24.0 Å². The van der Waals surface area contributed by atoms with Crippen LogP contribution >= 0.6 is 24.0 Å². The first-order valence-corrected chi connectivity index (χ1v) is 8.79. The topological polar surface area (TPSA) is 69.8 Å². The Morgan fingerprint density at radius 3 is 2.58 bits per heavy atom. The lowest BCUT2D eigenvalue weighted by Crippen LogP contribution is -2.52. The number of piperazine rings is 1. The number of nitrogens with zero attached hydrogens (tertiary/aromatic N) is 5. The molecule has 1 aliphatic heterocycles. The standard InChI is InChI=1S/C18H26N6O.HI/c1-4-19-18(21-13-17-22-14(2)15(3)25-17)24-11-9-23(10-12-24)16-7-5-6-8-20-16;/h5-8H,4,9-13H2,1-3H3,(H,19,21);1H. The average Bonchev–Trinajstić information content (AvgIpc) is 2.97. The molecule has 2 aromatic heterocycles. The van der Waals surface area contributed by atoms with Gasteiger partial charge in [-0.05, 0) is 32.9 Å². The molecule has 26 heavy (non-hydrogen) atoms. The van der Waals surface area contributed by atoms with E-state index >= 15 is 0 Å². The molecule has 3 heterocycles. The van der Waals surface area contributed by atoms with Gasteiger partial charge in [-0.3, -0.25) is 0 Å². The molecule has 2 aromatic rings. The molecule has 0 bridgehead atoms. The number of aryl methyl sites for hydroxylation is 2. The van der Waals surface area contributed by atoms with Crippen molar-refractivity contribution in [2.45, 2.75) is 27.3 Å². The van der Waals surface area contributed by atoms with E-state index in [0.29, 0.717) is 12.4 Å². The van der Waals surface area contributed by atoms with Crippen LogP contribution in [0.3, 0.4) is 0 Å². The first kappa shape index (κ1) is 20.5. The number of aliphatic imine (C=N–C) groups is 1. The second-order valence-electron chi connectivity index (χ2n) is 6.08. The zero-order chi connectivity index (χ0) is 17.6. The predicted molar refractivity (Wildman–Crippen MR) is 114 cm³/mol. The van der Waals surface area contributed by atoms with Crippen molar-refractivity contribution in [1.82, 2.24) is 20.2 Å². The van der Waals surface area contributed by atoms with Gasteiger partial charge in [-0.15, -0.1) is 24.0 Å². The summed E-state index contributed by atoms with van der Waals surface area (Å²) >= 11 is 0. The minimum Gasteiger partial charge on any atom is -0.444 e. The Labute approximate surface area is 171 Å². The highest BCUT2D eigenvalue weighted by Gasteiger charge is 2.20. The number of hydrogen-bond donors (Lipinski definition) is 1. The molecule has 0 saturated carbocycles. The summed E-state index contributed by atoms with van der Waals surface area (Å²) in [6.45, 7) is 10.9. The number of rotatable bonds is 4. The maximum absolute atomic E-state index is 5.62. The quantitative estimate of drug-likeness (QED) is 0.421. The van der Waals surface area contributed by atoms with Crippen LogP contribution < -0.4 is 10.2 Å². The second kappa shape index (κ2) is 9.75. The molecule has 0 unspecified atom stereocenters. The third kappa shape index (κ3) is 5.09. The highest BCUT2D eigenvalue weighted by molar-refractivity contribution is 14.0. The predicted octanol–water partition coefficient (Wildman–Crippen LogP) is 2.59. The summed E-state index contributed by atoms with van der Waals surface area (Å²) < 4.78 is 5.62. The Morgan fingerprint density at radius 2 is 2.00 bits per heavy atom.